The van der Waals surface area contributed by atoms with Gasteiger partial charge in [-0.05, 0) is 47.2 Å². The van der Waals surface area contributed by atoms with Crippen molar-refractivity contribution in [1.82, 2.24) is 4.98 Å². The van der Waals surface area contributed by atoms with E-state index in [4.69, 9.17) is 0 Å². The third-order valence-corrected chi connectivity index (χ3v) is 5.09. The molecule has 0 N–H and O–H groups in total. The molecule has 0 unspecified atom stereocenters. The Balaban J connectivity index is 1.70. The average Bonchev–Trinajstić information content (AvgIpc) is 2.74. The molecule has 0 atom stereocenters. The minimum absolute atomic E-state index is 1.01. The summed E-state index contributed by atoms with van der Waals surface area (Å²) in [7, 11) is 0. The molecule has 0 aliphatic rings. The van der Waals surface area contributed by atoms with E-state index in [0.29, 0.717) is 0 Å². The predicted octanol–water partition coefficient (Wildman–Crippen LogP) is 6.95. The Labute approximate surface area is 161 Å². The highest BCUT2D eigenvalue weighted by molar-refractivity contribution is 5.76. The molecule has 1 heterocycles. The molecule has 27 heavy (non-hydrogen) atoms. The molecule has 0 saturated heterocycles. The fourth-order valence-corrected chi connectivity index (χ4v) is 3.55. The molecular formula is C26H23N. The SMILES string of the molecule is CCc1cc(-c2ccc(-c3ccccc3)nc2)ccc1-c1ccccc1C. The number of pyridine rings is 1. The van der Waals surface area contributed by atoms with E-state index < -0.39 is 0 Å². The van der Waals surface area contributed by atoms with Crippen LogP contribution in [-0.2, 0) is 6.42 Å². The van der Waals surface area contributed by atoms with Crippen molar-refractivity contribution in [3.8, 4) is 33.5 Å². The summed E-state index contributed by atoms with van der Waals surface area (Å²) in [5.41, 5.74) is 9.85. The lowest BCUT2D eigenvalue weighted by Gasteiger charge is -2.13. The van der Waals surface area contributed by atoms with Crippen LogP contribution in [0.5, 0.6) is 0 Å². The van der Waals surface area contributed by atoms with Crippen molar-refractivity contribution in [2.45, 2.75) is 20.3 Å². The Morgan fingerprint density at radius 3 is 2.11 bits per heavy atom. The van der Waals surface area contributed by atoms with E-state index in [1.807, 2.05) is 24.4 Å². The van der Waals surface area contributed by atoms with Gasteiger partial charge in [-0.25, -0.2) is 0 Å². The van der Waals surface area contributed by atoms with E-state index in [9.17, 15) is 0 Å². The van der Waals surface area contributed by atoms with Crippen LogP contribution in [0.3, 0.4) is 0 Å². The summed E-state index contributed by atoms with van der Waals surface area (Å²) in [6, 6.07) is 29.9. The Morgan fingerprint density at radius 1 is 0.667 bits per heavy atom. The van der Waals surface area contributed by atoms with Crippen LogP contribution in [0.2, 0.25) is 0 Å². The van der Waals surface area contributed by atoms with Crippen LogP contribution in [0.4, 0.5) is 0 Å². The van der Waals surface area contributed by atoms with Gasteiger partial charge >= 0.3 is 0 Å². The molecule has 0 amide bonds. The van der Waals surface area contributed by atoms with E-state index in [-0.39, 0.29) is 0 Å². The van der Waals surface area contributed by atoms with E-state index >= 15 is 0 Å². The van der Waals surface area contributed by atoms with Crippen LogP contribution < -0.4 is 0 Å². The fourth-order valence-electron chi connectivity index (χ4n) is 3.55. The lowest BCUT2D eigenvalue weighted by Crippen LogP contribution is -1.92. The zero-order valence-corrected chi connectivity index (χ0v) is 15.8. The number of aromatic nitrogens is 1. The first-order valence-corrected chi connectivity index (χ1v) is 9.47. The Bertz CT molecular complexity index is 1050. The maximum atomic E-state index is 4.68. The smallest absolute Gasteiger partial charge is 0.0702 e. The zero-order valence-electron chi connectivity index (χ0n) is 15.8. The molecule has 4 rings (SSSR count). The first kappa shape index (κ1) is 17.2. The minimum atomic E-state index is 1.01. The van der Waals surface area contributed by atoms with Gasteiger partial charge in [-0.15, -0.1) is 0 Å². The summed E-state index contributed by atoms with van der Waals surface area (Å²) < 4.78 is 0. The van der Waals surface area contributed by atoms with Gasteiger partial charge in [-0.2, -0.15) is 0 Å². The molecule has 0 aliphatic heterocycles. The lowest BCUT2D eigenvalue weighted by molar-refractivity contribution is 1.14. The van der Waals surface area contributed by atoms with E-state index in [2.05, 4.69) is 85.6 Å². The van der Waals surface area contributed by atoms with Crippen LogP contribution in [0, 0.1) is 6.92 Å². The molecule has 0 radical (unpaired) electrons. The molecule has 0 saturated carbocycles. The van der Waals surface area contributed by atoms with Crippen molar-refractivity contribution in [1.29, 1.82) is 0 Å². The number of benzene rings is 3. The molecule has 4 aromatic rings. The van der Waals surface area contributed by atoms with Crippen molar-refractivity contribution in [2.24, 2.45) is 0 Å². The van der Waals surface area contributed by atoms with Gasteiger partial charge in [0.05, 0.1) is 5.69 Å². The van der Waals surface area contributed by atoms with Gasteiger partial charge in [0.25, 0.3) is 0 Å². The van der Waals surface area contributed by atoms with E-state index in [1.54, 1.807) is 0 Å². The van der Waals surface area contributed by atoms with Gasteiger partial charge in [-0.1, -0.05) is 85.8 Å². The Kier molecular flexibility index (Phi) is 4.84. The van der Waals surface area contributed by atoms with Crippen molar-refractivity contribution >= 4 is 0 Å². The summed E-state index contributed by atoms with van der Waals surface area (Å²) in [6.07, 6.45) is 2.98. The highest BCUT2D eigenvalue weighted by atomic mass is 14.7. The van der Waals surface area contributed by atoms with Crippen LogP contribution in [-0.4, -0.2) is 4.98 Å². The third-order valence-electron chi connectivity index (χ3n) is 5.09. The molecule has 0 spiro atoms. The van der Waals surface area contributed by atoms with Crippen molar-refractivity contribution in [2.75, 3.05) is 0 Å². The van der Waals surface area contributed by atoms with E-state index in [1.165, 1.54) is 27.8 Å². The van der Waals surface area contributed by atoms with Gasteiger partial charge in [0, 0.05) is 17.3 Å². The summed E-state index contributed by atoms with van der Waals surface area (Å²) >= 11 is 0. The van der Waals surface area contributed by atoms with Crippen LogP contribution in [0.25, 0.3) is 33.5 Å². The quantitative estimate of drug-likeness (QED) is 0.388. The highest BCUT2D eigenvalue weighted by Crippen LogP contribution is 2.31. The van der Waals surface area contributed by atoms with Gasteiger partial charge in [0.2, 0.25) is 0 Å². The maximum absolute atomic E-state index is 4.68. The summed E-state index contributed by atoms with van der Waals surface area (Å²) in [5.74, 6) is 0. The second-order valence-corrected chi connectivity index (χ2v) is 6.84. The lowest BCUT2D eigenvalue weighted by atomic mass is 9.92. The van der Waals surface area contributed by atoms with Crippen molar-refractivity contribution in [3.63, 3.8) is 0 Å². The average molecular weight is 349 g/mol. The Morgan fingerprint density at radius 2 is 1.41 bits per heavy atom. The Hall–Kier alpha value is -3.19. The second-order valence-electron chi connectivity index (χ2n) is 6.84. The summed E-state index contributed by atoms with van der Waals surface area (Å²) in [4.78, 5) is 4.68. The number of rotatable bonds is 4. The standard InChI is InChI=1S/C26H23N/c1-3-20-17-22(13-15-25(20)24-12-8-7-9-19(24)2)23-14-16-26(27-18-23)21-10-5-4-6-11-21/h4-18H,3H2,1-2H3. The molecule has 132 valence electrons. The first-order valence-electron chi connectivity index (χ1n) is 9.47. The number of aryl methyl sites for hydroxylation is 2. The fraction of sp³-hybridized carbons (Fsp3) is 0.115. The van der Waals surface area contributed by atoms with Gasteiger partial charge in [0.15, 0.2) is 0 Å². The monoisotopic (exact) mass is 349 g/mol. The van der Waals surface area contributed by atoms with Crippen molar-refractivity contribution < 1.29 is 0 Å². The van der Waals surface area contributed by atoms with Gasteiger partial charge < -0.3 is 0 Å². The molecule has 1 nitrogen and oxygen atoms in total. The zero-order chi connectivity index (χ0) is 18.6. The largest absolute Gasteiger partial charge is 0.256 e. The van der Waals surface area contributed by atoms with Gasteiger partial charge in [0.1, 0.15) is 0 Å². The number of nitrogens with zero attached hydrogens (tertiary/aromatic N) is 1. The second kappa shape index (κ2) is 7.59. The van der Waals surface area contributed by atoms with Crippen LogP contribution in [0.15, 0.2) is 91.1 Å². The normalized spacial score (nSPS) is 10.7. The van der Waals surface area contributed by atoms with Crippen molar-refractivity contribution in [3.05, 3.63) is 102 Å². The summed E-state index contributed by atoms with van der Waals surface area (Å²) in [6.45, 7) is 4.40. The highest BCUT2D eigenvalue weighted by Gasteiger charge is 2.09. The predicted molar refractivity (Wildman–Crippen MR) is 115 cm³/mol. The first-order chi connectivity index (χ1) is 13.3. The number of hydrogen-bond donors (Lipinski definition) is 0. The molecule has 3 aromatic carbocycles. The van der Waals surface area contributed by atoms with Crippen LogP contribution in [0.1, 0.15) is 18.1 Å². The summed E-state index contributed by atoms with van der Waals surface area (Å²) in [5, 5.41) is 0. The van der Waals surface area contributed by atoms with Gasteiger partial charge in [-0.3, -0.25) is 4.98 Å². The topological polar surface area (TPSA) is 12.9 Å². The van der Waals surface area contributed by atoms with E-state index in [0.717, 1.165) is 23.2 Å². The molecule has 0 aliphatic carbocycles. The number of hydrogen-bond acceptors (Lipinski definition) is 1. The molecule has 0 bridgehead atoms. The maximum Gasteiger partial charge on any atom is 0.0702 e. The third kappa shape index (κ3) is 3.54. The minimum Gasteiger partial charge on any atom is -0.256 e. The molecule has 1 heteroatoms. The molecule has 1 aromatic heterocycles. The van der Waals surface area contributed by atoms with Crippen LogP contribution >= 0.6 is 0 Å². The molecular weight excluding hydrogens is 326 g/mol. The molecule has 0 fully saturated rings.